The largest absolute Gasteiger partial charge is 0.140 e. The third kappa shape index (κ3) is 1.74. The Bertz CT molecular complexity index is 450. The van der Waals surface area contributed by atoms with Crippen LogP contribution < -0.4 is 10.9 Å². The van der Waals surface area contributed by atoms with Gasteiger partial charge in [-0.15, -0.1) is 0 Å². The molecule has 14 heavy (non-hydrogen) atoms. The molecule has 2 heteroatoms. The number of benzene rings is 2. The zero-order valence-corrected chi connectivity index (χ0v) is 8.62. The highest BCUT2D eigenvalue weighted by atomic mass is 14.0. The number of rotatable bonds is 1. The maximum absolute atomic E-state index is 2.22. The Morgan fingerprint density at radius 3 is 2.29 bits per heavy atom. The van der Waals surface area contributed by atoms with E-state index in [1.807, 2.05) is 0 Å². The second-order valence-corrected chi connectivity index (χ2v) is 3.68. The van der Waals surface area contributed by atoms with Gasteiger partial charge in [-0.05, 0) is 11.1 Å². The summed E-state index contributed by atoms with van der Waals surface area (Å²) < 4.78 is 0. The van der Waals surface area contributed by atoms with Crippen LogP contribution in [0.2, 0.25) is 0 Å². The molecule has 0 aliphatic carbocycles. The molecule has 0 aliphatic heterocycles. The van der Waals surface area contributed by atoms with Gasteiger partial charge < -0.3 is 0 Å². The lowest BCUT2D eigenvalue weighted by Gasteiger charge is -2.06. The lowest BCUT2D eigenvalue weighted by Crippen LogP contribution is -2.07. The molecule has 0 spiro atoms. The van der Waals surface area contributed by atoms with E-state index in [0.717, 1.165) is 0 Å². The Labute approximate surface area is 86.8 Å². The first kappa shape index (κ1) is 9.14. The van der Waals surface area contributed by atoms with Crippen molar-refractivity contribution in [3.63, 3.8) is 0 Å². The van der Waals surface area contributed by atoms with E-state index < -0.39 is 0 Å². The molecule has 0 saturated carbocycles. The molecule has 0 radical (unpaired) electrons. The van der Waals surface area contributed by atoms with Crippen LogP contribution in [0.3, 0.4) is 0 Å². The molecule has 0 nitrogen and oxygen atoms in total. The molecular weight excluding hydrogens is 166 g/mol. The van der Waals surface area contributed by atoms with E-state index in [1.165, 1.54) is 22.1 Å². The first-order valence-corrected chi connectivity index (χ1v) is 4.90. The summed E-state index contributed by atoms with van der Waals surface area (Å²) in [4.78, 5) is 0. The quantitative estimate of drug-likeness (QED) is 0.533. The van der Waals surface area contributed by atoms with Crippen molar-refractivity contribution in [1.29, 1.82) is 0 Å². The highest BCUT2D eigenvalue weighted by molar-refractivity contribution is 6.36. The summed E-state index contributed by atoms with van der Waals surface area (Å²) in [6, 6.07) is 17.1. The van der Waals surface area contributed by atoms with Crippen LogP contribution in [0.25, 0.3) is 11.1 Å². The van der Waals surface area contributed by atoms with E-state index >= 15 is 0 Å². The third-order valence-corrected chi connectivity index (χ3v) is 2.47. The molecule has 0 fully saturated rings. The number of hydrogen-bond donors (Lipinski definition) is 0. The van der Waals surface area contributed by atoms with Crippen molar-refractivity contribution < 1.29 is 0 Å². The zero-order chi connectivity index (χ0) is 9.97. The van der Waals surface area contributed by atoms with E-state index in [1.54, 1.807) is 0 Å². The summed E-state index contributed by atoms with van der Waals surface area (Å²) in [5.41, 5.74) is 5.28. The molecule has 66 valence electrons. The van der Waals surface area contributed by atoms with E-state index in [2.05, 4.69) is 64.2 Å². The predicted octanol–water partition coefficient (Wildman–Crippen LogP) is -0.130. The van der Waals surface area contributed by atoms with Gasteiger partial charge in [0.1, 0.15) is 15.7 Å². The second-order valence-electron chi connectivity index (χ2n) is 3.68. The Balaban J connectivity index is 2.55. The fourth-order valence-corrected chi connectivity index (χ4v) is 1.71. The van der Waals surface area contributed by atoms with Crippen molar-refractivity contribution in [2.24, 2.45) is 0 Å². The van der Waals surface area contributed by atoms with Gasteiger partial charge in [-0.3, -0.25) is 0 Å². The maximum Gasteiger partial charge on any atom is 0.140 e. The molecule has 0 aliphatic rings. The minimum Gasteiger partial charge on any atom is -0.0884 e. The van der Waals surface area contributed by atoms with Crippen LogP contribution in [0, 0.1) is 0 Å². The van der Waals surface area contributed by atoms with Gasteiger partial charge in [0.25, 0.3) is 0 Å². The van der Waals surface area contributed by atoms with Crippen LogP contribution in [-0.4, -0.2) is 15.7 Å². The van der Waals surface area contributed by atoms with Crippen LogP contribution in [0.4, 0.5) is 0 Å². The van der Waals surface area contributed by atoms with Gasteiger partial charge in [-0.1, -0.05) is 59.5 Å². The predicted molar refractivity (Wildman–Crippen MR) is 68.2 cm³/mol. The molecule has 0 unspecified atom stereocenters. The van der Waals surface area contributed by atoms with Crippen molar-refractivity contribution in [3.05, 3.63) is 48.5 Å². The van der Waals surface area contributed by atoms with Gasteiger partial charge in [0, 0.05) is 0 Å². The van der Waals surface area contributed by atoms with Crippen molar-refractivity contribution >= 4 is 26.6 Å². The van der Waals surface area contributed by atoms with Crippen molar-refractivity contribution in [1.82, 2.24) is 0 Å². The van der Waals surface area contributed by atoms with Gasteiger partial charge >= 0.3 is 0 Å². The molecule has 0 N–H and O–H groups in total. The average Bonchev–Trinajstić information content (AvgIpc) is 2.18. The Morgan fingerprint density at radius 2 is 1.57 bits per heavy atom. The van der Waals surface area contributed by atoms with Crippen LogP contribution in [-0.2, 0) is 0 Å². The summed E-state index contributed by atoms with van der Waals surface area (Å²) in [7, 11) is 4.28. The molecule has 2 rings (SSSR count). The summed E-state index contributed by atoms with van der Waals surface area (Å²) >= 11 is 0. The monoisotopic (exact) mass is 178 g/mol. The van der Waals surface area contributed by atoms with Gasteiger partial charge in [0.15, 0.2) is 0 Å². The second kappa shape index (κ2) is 3.75. The van der Waals surface area contributed by atoms with E-state index in [-0.39, 0.29) is 0 Å². The SMILES string of the molecule is Bc1cccc(-c2ccccc2B)c1. The normalized spacial score (nSPS) is 10.0. The van der Waals surface area contributed by atoms with Crippen molar-refractivity contribution in [2.45, 2.75) is 0 Å². The number of hydrogen-bond acceptors (Lipinski definition) is 0. The average molecular weight is 178 g/mol. The fourth-order valence-electron chi connectivity index (χ4n) is 1.71. The van der Waals surface area contributed by atoms with Crippen LogP contribution in [0.5, 0.6) is 0 Å². The first-order chi connectivity index (χ1) is 6.77. The molecule has 0 bridgehead atoms. The van der Waals surface area contributed by atoms with E-state index in [9.17, 15) is 0 Å². The first-order valence-electron chi connectivity index (χ1n) is 4.90. The molecule has 2 aromatic rings. The fraction of sp³-hybridized carbons (Fsp3) is 0. The molecule has 0 aromatic heterocycles. The minimum absolute atomic E-state index is 1.31. The highest BCUT2D eigenvalue weighted by Crippen LogP contribution is 2.14. The standard InChI is InChI=1S/C12H12B2/c13-10-5-3-4-9(8-10)11-6-1-2-7-12(11)14/h1-8H,13-14H2. The Hall–Kier alpha value is -1.43. The molecule has 2 aromatic carbocycles. The van der Waals surface area contributed by atoms with Crippen LogP contribution >= 0.6 is 0 Å². The highest BCUT2D eigenvalue weighted by Gasteiger charge is 1.99. The van der Waals surface area contributed by atoms with Crippen molar-refractivity contribution in [2.75, 3.05) is 0 Å². The molecule has 0 atom stereocenters. The maximum atomic E-state index is 2.22. The lowest BCUT2D eigenvalue weighted by molar-refractivity contribution is 1.67. The van der Waals surface area contributed by atoms with Crippen LogP contribution in [0.1, 0.15) is 0 Å². The molecule has 0 saturated heterocycles. The molecular formula is C12H12B2. The summed E-state index contributed by atoms with van der Waals surface area (Å²) in [5.74, 6) is 0. The zero-order valence-electron chi connectivity index (χ0n) is 8.62. The summed E-state index contributed by atoms with van der Waals surface area (Å²) in [5, 5.41) is 0. The third-order valence-electron chi connectivity index (χ3n) is 2.47. The Morgan fingerprint density at radius 1 is 0.786 bits per heavy atom. The summed E-state index contributed by atoms with van der Waals surface area (Å²) in [6.07, 6.45) is 0. The topological polar surface area (TPSA) is 0 Å². The minimum atomic E-state index is 1.31. The van der Waals surface area contributed by atoms with Gasteiger partial charge in [0.05, 0.1) is 0 Å². The Kier molecular flexibility index (Phi) is 2.45. The van der Waals surface area contributed by atoms with Gasteiger partial charge in [0.2, 0.25) is 0 Å². The van der Waals surface area contributed by atoms with Crippen LogP contribution in [0.15, 0.2) is 48.5 Å². The van der Waals surface area contributed by atoms with Gasteiger partial charge in [-0.25, -0.2) is 0 Å². The smallest absolute Gasteiger partial charge is 0.0884 e. The molecule has 0 amide bonds. The van der Waals surface area contributed by atoms with Gasteiger partial charge in [-0.2, -0.15) is 0 Å². The summed E-state index contributed by atoms with van der Waals surface area (Å²) in [6.45, 7) is 0. The van der Waals surface area contributed by atoms with E-state index in [4.69, 9.17) is 0 Å². The van der Waals surface area contributed by atoms with E-state index in [0.29, 0.717) is 0 Å². The molecule has 0 heterocycles. The van der Waals surface area contributed by atoms with Crippen molar-refractivity contribution in [3.8, 4) is 11.1 Å². The lowest BCUT2D eigenvalue weighted by atomic mass is 9.85.